The first-order valence-electron chi connectivity index (χ1n) is 14.6. The minimum absolute atomic E-state index is 0.0516. The van der Waals surface area contributed by atoms with Crippen LogP contribution in [0.15, 0.2) is 42.5 Å². The van der Waals surface area contributed by atoms with Crippen LogP contribution in [0.1, 0.15) is 73.1 Å². The second kappa shape index (κ2) is 10.4. The van der Waals surface area contributed by atoms with Crippen molar-refractivity contribution in [2.45, 2.75) is 75.8 Å². The summed E-state index contributed by atoms with van der Waals surface area (Å²) in [6.45, 7) is 6.32. The van der Waals surface area contributed by atoms with Crippen molar-refractivity contribution < 1.29 is 9.53 Å². The van der Waals surface area contributed by atoms with Crippen LogP contribution in [0.3, 0.4) is 0 Å². The normalized spacial score (nSPS) is 30.3. The molecule has 2 aromatic carbocycles. The molecule has 4 atom stereocenters. The van der Waals surface area contributed by atoms with Crippen LogP contribution in [0.5, 0.6) is 5.75 Å². The molecule has 4 unspecified atom stereocenters. The fraction of sp³-hybridized carbons (Fsp3) is 0.594. The van der Waals surface area contributed by atoms with Crippen molar-refractivity contribution in [3.05, 3.63) is 64.7 Å². The largest absolute Gasteiger partial charge is 0.496 e. The molecule has 0 bridgehead atoms. The van der Waals surface area contributed by atoms with Crippen LogP contribution in [-0.2, 0) is 16.8 Å². The van der Waals surface area contributed by atoms with E-state index >= 15 is 0 Å². The lowest BCUT2D eigenvalue weighted by molar-refractivity contribution is -0.142. The Hall–Kier alpha value is -2.37. The number of likely N-dealkylation sites (tertiary alicyclic amines) is 1. The first-order valence-corrected chi connectivity index (χ1v) is 14.6. The van der Waals surface area contributed by atoms with Crippen molar-refractivity contribution in [3.8, 4) is 5.75 Å². The van der Waals surface area contributed by atoms with Gasteiger partial charge in [-0.2, -0.15) is 0 Å². The van der Waals surface area contributed by atoms with Crippen LogP contribution in [0.2, 0.25) is 0 Å². The van der Waals surface area contributed by atoms with Gasteiger partial charge in [-0.05, 0) is 67.2 Å². The van der Waals surface area contributed by atoms with Gasteiger partial charge in [0.2, 0.25) is 5.91 Å². The average Bonchev–Trinajstić information content (AvgIpc) is 3.37. The predicted molar refractivity (Wildman–Crippen MR) is 148 cm³/mol. The Morgan fingerprint density at radius 3 is 2.57 bits per heavy atom. The van der Waals surface area contributed by atoms with Crippen LogP contribution in [0, 0.1) is 18.8 Å². The zero-order valence-electron chi connectivity index (χ0n) is 22.6. The quantitative estimate of drug-likeness (QED) is 0.625. The standard InChI is InChI=1S/C32H43N3O2/c1-22-13-14-29(37-2)26-18-33-20-32(30(22)26)21-34-19-27(32)31(36)35-16-15-25(23-9-5-3-6-10-23)17-28(35)24-11-7-4-8-12-24/h3,5-6,9-10,13-14,24-25,27-28,33-34H,4,7-8,11-12,15-21H2,1-2H3. The average molecular weight is 502 g/mol. The van der Waals surface area contributed by atoms with E-state index in [0.717, 1.165) is 51.3 Å². The predicted octanol–water partition coefficient (Wildman–Crippen LogP) is 4.92. The van der Waals surface area contributed by atoms with Crippen LogP contribution >= 0.6 is 0 Å². The molecule has 3 aliphatic heterocycles. The number of benzene rings is 2. The van der Waals surface area contributed by atoms with Gasteiger partial charge in [-0.15, -0.1) is 0 Å². The SMILES string of the molecule is COc1ccc(C)c2c1CNCC21CNCC1C(=O)N1CCC(c2ccccc2)CC1C1CCCCC1. The minimum atomic E-state index is -0.226. The maximum Gasteiger partial charge on any atom is 0.228 e. The van der Waals surface area contributed by atoms with Gasteiger partial charge in [0.25, 0.3) is 0 Å². The molecule has 1 spiro atoms. The number of piperidine rings is 1. The Labute approximate surface area is 222 Å². The third-order valence-electron chi connectivity index (χ3n) is 10.1. The number of hydrogen-bond donors (Lipinski definition) is 2. The van der Waals surface area contributed by atoms with E-state index in [4.69, 9.17) is 4.74 Å². The molecule has 2 saturated heterocycles. The smallest absolute Gasteiger partial charge is 0.228 e. The minimum Gasteiger partial charge on any atom is -0.496 e. The highest BCUT2D eigenvalue weighted by Gasteiger charge is 2.53. The first-order chi connectivity index (χ1) is 18.1. The summed E-state index contributed by atoms with van der Waals surface area (Å²) in [5, 5.41) is 7.34. The molecule has 2 aromatic rings. The first kappa shape index (κ1) is 24.9. The van der Waals surface area contributed by atoms with Crippen LogP contribution in [0.25, 0.3) is 0 Å². The fourth-order valence-corrected chi connectivity index (χ4v) is 8.30. The number of carbonyl (C=O) groups excluding carboxylic acids is 1. The third kappa shape index (κ3) is 4.38. The van der Waals surface area contributed by atoms with E-state index < -0.39 is 0 Å². The number of ether oxygens (including phenoxy) is 1. The van der Waals surface area contributed by atoms with Crippen molar-refractivity contribution in [3.63, 3.8) is 0 Å². The molecular formula is C32H43N3O2. The highest BCUT2D eigenvalue weighted by atomic mass is 16.5. The van der Waals surface area contributed by atoms with E-state index in [1.165, 1.54) is 54.4 Å². The summed E-state index contributed by atoms with van der Waals surface area (Å²) in [6, 6.07) is 15.6. The molecule has 4 aliphatic rings. The molecule has 37 heavy (non-hydrogen) atoms. The van der Waals surface area contributed by atoms with Crippen molar-refractivity contribution in [2.75, 3.05) is 33.3 Å². The van der Waals surface area contributed by atoms with Crippen molar-refractivity contribution in [1.29, 1.82) is 0 Å². The molecule has 2 N–H and O–H groups in total. The fourth-order valence-electron chi connectivity index (χ4n) is 8.30. The Balaban J connectivity index is 1.33. The lowest BCUT2D eigenvalue weighted by Gasteiger charge is -2.48. The Kier molecular flexibility index (Phi) is 7.02. The highest BCUT2D eigenvalue weighted by Crippen LogP contribution is 2.46. The number of aryl methyl sites for hydroxylation is 1. The van der Waals surface area contributed by atoms with Gasteiger partial charge in [-0.3, -0.25) is 4.79 Å². The summed E-state index contributed by atoms with van der Waals surface area (Å²) in [5.41, 5.74) is 5.09. The zero-order chi connectivity index (χ0) is 25.4. The molecule has 198 valence electrons. The monoisotopic (exact) mass is 501 g/mol. The van der Waals surface area contributed by atoms with E-state index in [0.29, 0.717) is 23.8 Å². The Morgan fingerprint density at radius 2 is 1.78 bits per heavy atom. The number of hydrogen-bond acceptors (Lipinski definition) is 4. The van der Waals surface area contributed by atoms with Crippen LogP contribution in [-0.4, -0.2) is 50.1 Å². The summed E-state index contributed by atoms with van der Waals surface area (Å²) < 4.78 is 5.78. The maximum atomic E-state index is 14.7. The lowest BCUT2D eigenvalue weighted by atomic mass is 9.66. The molecule has 3 heterocycles. The van der Waals surface area contributed by atoms with Crippen molar-refractivity contribution in [1.82, 2.24) is 15.5 Å². The lowest BCUT2D eigenvalue weighted by Crippen LogP contribution is -2.57. The second-order valence-corrected chi connectivity index (χ2v) is 12.0. The van der Waals surface area contributed by atoms with E-state index in [-0.39, 0.29) is 11.3 Å². The highest BCUT2D eigenvalue weighted by molar-refractivity contribution is 5.83. The molecule has 1 aliphatic carbocycles. The topological polar surface area (TPSA) is 53.6 Å². The molecule has 5 nitrogen and oxygen atoms in total. The summed E-state index contributed by atoms with van der Waals surface area (Å²) in [5.74, 6) is 2.45. The molecular weight excluding hydrogens is 458 g/mol. The van der Waals surface area contributed by atoms with E-state index in [9.17, 15) is 4.79 Å². The van der Waals surface area contributed by atoms with Gasteiger partial charge >= 0.3 is 0 Å². The Bertz CT molecular complexity index is 1110. The third-order valence-corrected chi connectivity index (χ3v) is 10.1. The number of carbonyl (C=O) groups is 1. The number of rotatable bonds is 4. The van der Waals surface area contributed by atoms with Gasteiger partial charge in [0.05, 0.1) is 13.0 Å². The molecule has 0 radical (unpaired) electrons. The zero-order valence-corrected chi connectivity index (χ0v) is 22.6. The molecule has 1 saturated carbocycles. The van der Waals surface area contributed by atoms with Crippen LogP contribution in [0.4, 0.5) is 0 Å². The molecule has 6 rings (SSSR count). The summed E-state index contributed by atoms with van der Waals surface area (Å²) in [7, 11) is 1.76. The van der Waals surface area contributed by atoms with Crippen LogP contribution < -0.4 is 15.4 Å². The van der Waals surface area contributed by atoms with Gasteiger partial charge in [-0.25, -0.2) is 0 Å². The van der Waals surface area contributed by atoms with Crippen molar-refractivity contribution in [2.24, 2.45) is 11.8 Å². The van der Waals surface area contributed by atoms with Gasteiger partial charge in [-0.1, -0.05) is 55.7 Å². The number of methoxy groups -OCH3 is 1. The maximum absolute atomic E-state index is 14.7. The number of amides is 1. The summed E-state index contributed by atoms with van der Waals surface area (Å²) in [4.78, 5) is 17.0. The second-order valence-electron chi connectivity index (χ2n) is 12.0. The van der Waals surface area contributed by atoms with Gasteiger partial charge < -0.3 is 20.3 Å². The summed E-state index contributed by atoms with van der Waals surface area (Å²) >= 11 is 0. The molecule has 5 heteroatoms. The molecule has 0 aromatic heterocycles. The molecule has 3 fully saturated rings. The van der Waals surface area contributed by atoms with E-state index in [1.807, 2.05) is 0 Å². The van der Waals surface area contributed by atoms with Gasteiger partial charge in [0.15, 0.2) is 0 Å². The van der Waals surface area contributed by atoms with Gasteiger partial charge in [0.1, 0.15) is 5.75 Å². The number of nitrogens with one attached hydrogen (secondary N) is 2. The van der Waals surface area contributed by atoms with E-state index in [1.54, 1.807) is 7.11 Å². The van der Waals surface area contributed by atoms with Gasteiger partial charge in [0, 0.05) is 49.7 Å². The summed E-state index contributed by atoms with van der Waals surface area (Å²) in [6.07, 6.45) is 8.67. The van der Waals surface area contributed by atoms with E-state index in [2.05, 4.69) is 64.9 Å². The molecule has 1 amide bonds. The van der Waals surface area contributed by atoms with Crippen molar-refractivity contribution >= 4 is 5.91 Å². The Morgan fingerprint density at radius 1 is 1.00 bits per heavy atom. The number of fused-ring (bicyclic) bond motifs is 2. The number of nitrogens with zero attached hydrogens (tertiary/aromatic N) is 1.